The highest BCUT2D eigenvalue weighted by molar-refractivity contribution is 6.03. The first-order chi connectivity index (χ1) is 24.9. The quantitative estimate of drug-likeness (QED) is 0.0985. The van der Waals surface area contributed by atoms with E-state index in [4.69, 9.17) is 24.2 Å². The monoisotopic (exact) mass is 704 g/mol. The number of aliphatic hydroxyl groups excluding tert-OH is 2. The van der Waals surface area contributed by atoms with Crippen molar-refractivity contribution >= 4 is 11.6 Å². The average Bonchev–Trinajstić information content (AvgIpc) is 3.99. The second kappa shape index (κ2) is 16.7. The molecule has 0 bridgehead atoms. The number of oxime groups is 1. The lowest BCUT2D eigenvalue weighted by molar-refractivity contribution is -0.255. The molecule has 2 aromatic rings. The van der Waals surface area contributed by atoms with Gasteiger partial charge in [-0.2, -0.15) is 0 Å². The fourth-order valence-corrected chi connectivity index (χ4v) is 8.51. The Labute approximate surface area is 301 Å². The molecular formula is C41H53FN2O7. The lowest BCUT2D eigenvalue weighted by Crippen LogP contribution is -2.69. The van der Waals surface area contributed by atoms with Crippen LogP contribution in [0.1, 0.15) is 81.8 Å². The van der Waals surface area contributed by atoms with Gasteiger partial charge < -0.3 is 34.2 Å². The van der Waals surface area contributed by atoms with Crippen LogP contribution in [0.5, 0.6) is 11.5 Å². The summed E-state index contributed by atoms with van der Waals surface area (Å²) < 4.78 is 34.8. The van der Waals surface area contributed by atoms with Crippen LogP contribution < -0.4 is 9.47 Å². The summed E-state index contributed by atoms with van der Waals surface area (Å²) in [5, 5.41) is 24.2. The number of amides is 1. The summed E-state index contributed by atoms with van der Waals surface area (Å²) in [6, 6.07) is 11.9. The molecule has 9 nitrogen and oxygen atoms in total. The third-order valence-corrected chi connectivity index (χ3v) is 11.0. The summed E-state index contributed by atoms with van der Waals surface area (Å²) in [5.74, 6) is -0.539. The summed E-state index contributed by atoms with van der Waals surface area (Å²) in [4.78, 5) is 21.4. The Hall–Kier alpha value is -3.73. The van der Waals surface area contributed by atoms with Gasteiger partial charge in [0.25, 0.3) is 0 Å². The summed E-state index contributed by atoms with van der Waals surface area (Å²) in [7, 11) is 1.85. The largest absolute Gasteiger partial charge is 0.489 e. The minimum Gasteiger partial charge on any atom is -0.489 e. The highest BCUT2D eigenvalue weighted by Crippen LogP contribution is 2.62. The Morgan fingerprint density at radius 3 is 2.59 bits per heavy atom. The standard InChI is InChI=1S/C41H53FN2O7/c1-4-22-49-41-37(44(3)40(47)27-16-17-27)25-35(43-50-5-2)32-23-28(12-8-10-20-45)31(14-9-11-21-46)38(39(32)41)33-24-30(18-19-36(33)51-41)48-26-29-13-6-7-15-34(29)42/h4,6-7,13,15,18-19,23-24,27-28,31,37-39,45-46H,1,5,8-12,14,16-17,20-22,25-26H2,2-3H3/t28-,31+,37-,38+,39+,41+/m0/s1. The number of allylic oxidation sites excluding steroid dienone is 1. The molecule has 1 amide bonds. The molecule has 2 fully saturated rings. The second-order valence-corrected chi connectivity index (χ2v) is 14.3. The van der Waals surface area contributed by atoms with E-state index in [0.717, 1.165) is 55.4 Å². The summed E-state index contributed by atoms with van der Waals surface area (Å²) >= 11 is 0. The number of aliphatic hydroxyl groups is 2. The predicted octanol–water partition coefficient (Wildman–Crippen LogP) is 6.93. The Bertz CT molecular complexity index is 1590. The number of likely N-dealkylation sites (N-methyl/N-ethyl adjacent to an activating group) is 1. The van der Waals surface area contributed by atoms with E-state index in [1.54, 1.807) is 24.3 Å². The number of halogens is 1. The highest BCUT2D eigenvalue weighted by Gasteiger charge is 2.65. The van der Waals surface area contributed by atoms with Crippen molar-refractivity contribution in [3.05, 3.63) is 83.7 Å². The number of hydrogen-bond donors (Lipinski definition) is 2. The van der Waals surface area contributed by atoms with Crippen LogP contribution in [0.15, 0.2) is 71.9 Å². The molecule has 3 aliphatic carbocycles. The van der Waals surface area contributed by atoms with Crippen LogP contribution in [0.4, 0.5) is 4.39 Å². The van der Waals surface area contributed by atoms with E-state index in [2.05, 4.69) is 12.7 Å². The summed E-state index contributed by atoms with van der Waals surface area (Å²) in [6.45, 7) is 6.79. The molecule has 1 aliphatic heterocycles. The Morgan fingerprint density at radius 1 is 1.12 bits per heavy atom. The molecule has 0 radical (unpaired) electrons. The minimum absolute atomic E-state index is 0.00926. The van der Waals surface area contributed by atoms with E-state index in [0.29, 0.717) is 42.9 Å². The molecule has 1 heterocycles. The fourth-order valence-electron chi connectivity index (χ4n) is 8.51. The first-order valence-electron chi connectivity index (χ1n) is 18.7. The van der Waals surface area contributed by atoms with Crippen LogP contribution in [-0.2, 0) is 21.0 Å². The van der Waals surface area contributed by atoms with Gasteiger partial charge >= 0.3 is 0 Å². The van der Waals surface area contributed by atoms with Crippen LogP contribution in [0.2, 0.25) is 0 Å². The lowest BCUT2D eigenvalue weighted by atomic mass is 9.55. The van der Waals surface area contributed by atoms with Gasteiger partial charge in [-0.25, -0.2) is 4.39 Å². The van der Waals surface area contributed by atoms with Crippen LogP contribution in [0.25, 0.3) is 0 Å². The zero-order valence-corrected chi connectivity index (χ0v) is 30.0. The van der Waals surface area contributed by atoms with Crippen molar-refractivity contribution in [2.24, 2.45) is 28.8 Å². The number of fused-ring (bicyclic) bond motifs is 2. The van der Waals surface area contributed by atoms with Gasteiger partial charge in [-0.1, -0.05) is 48.3 Å². The fraction of sp³-hybridized carbons (Fsp3) is 0.561. The van der Waals surface area contributed by atoms with Gasteiger partial charge in [-0.3, -0.25) is 4.79 Å². The zero-order chi connectivity index (χ0) is 36.0. The molecule has 2 aromatic carbocycles. The number of carbonyl (C=O) groups excluding carboxylic acids is 1. The van der Waals surface area contributed by atoms with Crippen LogP contribution in [-0.4, -0.2) is 72.0 Å². The predicted molar refractivity (Wildman–Crippen MR) is 193 cm³/mol. The molecule has 0 saturated heterocycles. The van der Waals surface area contributed by atoms with Crippen molar-refractivity contribution in [1.29, 1.82) is 0 Å². The first-order valence-corrected chi connectivity index (χ1v) is 18.7. The SMILES string of the molecule is C=CCO[C@@]12Oc3ccc(OCc4ccccc4F)cc3[C@H]3[C@H](CCCCO)[C@@H](CCCCO)C=C(C(=NOCC)C[C@@H]1N(C)C(=O)C1CC1)[C@H]32. The summed E-state index contributed by atoms with van der Waals surface area (Å²) in [5.41, 5.74) is 3.21. The molecule has 0 unspecified atom stereocenters. The molecule has 51 heavy (non-hydrogen) atoms. The zero-order valence-electron chi connectivity index (χ0n) is 30.0. The molecule has 0 aromatic heterocycles. The van der Waals surface area contributed by atoms with E-state index >= 15 is 0 Å². The third kappa shape index (κ3) is 7.74. The van der Waals surface area contributed by atoms with Crippen molar-refractivity contribution in [2.75, 3.05) is 33.5 Å². The van der Waals surface area contributed by atoms with Crippen molar-refractivity contribution in [3.63, 3.8) is 0 Å². The molecule has 276 valence electrons. The third-order valence-electron chi connectivity index (χ3n) is 11.0. The minimum atomic E-state index is -1.26. The molecule has 10 heteroatoms. The van der Waals surface area contributed by atoms with E-state index in [9.17, 15) is 19.4 Å². The first kappa shape index (κ1) is 37.0. The lowest BCUT2D eigenvalue weighted by Gasteiger charge is -2.59. The van der Waals surface area contributed by atoms with Crippen molar-refractivity contribution < 1.29 is 38.4 Å². The number of ether oxygens (including phenoxy) is 3. The van der Waals surface area contributed by atoms with Gasteiger partial charge in [0.15, 0.2) is 0 Å². The molecule has 6 rings (SSSR count). The Morgan fingerprint density at radius 2 is 1.88 bits per heavy atom. The van der Waals surface area contributed by atoms with Crippen molar-refractivity contribution in [2.45, 2.75) is 89.1 Å². The molecule has 6 atom stereocenters. The number of benzene rings is 2. The van der Waals surface area contributed by atoms with Gasteiger partial charge in [0.05, 0.1) is 18.2 Å². The maximum absolute atomic E-state index is 14.6. The maximum Gasteiger partial charge on any atom is 0.239 e. The normalized spacial score (nSPS) is 27.1. The number of nitrogens with zero attached hydrogens (tertiary/aromatic N) is 2. The number of hydrogen-bond acceptors (Lipinski definition) is 8. The van der Waals surface area contributed by atoms with Crippen molar-refractivity contribution in [1.82, 2.24) is 4.90 Å². The van der Waals surface area contributed by atoms with E-state index in [-0.39, 0.29) is 67.7 Å². The van der Waals surface area contributed by atoms with Gasteiger partial charge in [-0.05, 0) is 87.1 Å². The van der Waals surface area contributed by atoms with Crippen LogP contribution >= 0.6 is 0 Å². The topological polar surface area (TPSA) is 110 Å². The van der Waals surface area contributed by atoms with Crippen molar-refractivity contribution in [3.8, 4) is 11.5 Å². The van der Waals surface area contributed by atoms with E-state index < -0.39 is 11.8 Å². The molecular weight excluding hydrogens is 651 g/mol. The molecule has 2 N–H and O–H groups in total. The number of unbranched alkanes of at least 4 members (excludes halogenated alkanes) is 2. The molecule has 4 aliphatic rings. The van der Waals surface area contributed by atoms with Gasteiger partial charge in [-0.15, -0.1) is 6.58 Å². The Balaban J connectivity index is 1.52. The maximum atomic E-state index is 14.6. The second-order valence-electron chi connectivity index (χ2n) is 14.3. The smallest absolute Gasteiger partial charge is 0.239 e. The average molecular weight is 705 g/mol. The van der Waals surface area contributed by atoms with Gasteiger partial charge in [0.2, 0.25) is 11.7 Å². The Kier molecular flexibility index (Phi) is 12.2. The molecule has 2 saturated carbocycles. The van der Waals surface area contributed by atoms with Crippen LogP contribution in [0, 0.1) is 29.5 Å². The summed E-state index contributed by atoms with van der Waals surface area (Å²) in [6.07, 6.45) is 10.9. The van der Waals surface area contributed by atoms with E-state index in [1.807, 2.05) is 37.1 Å². The number of carbonyl (C=O) groups is 1. The number of rotatable bonds is 18. The van der Waals surface area contributed by atoms with E-state index in [1.165, 1.54) is 6.07 Å². The highest BCUT2D eigenvalue weighted by atomic mass is 19.1. The van der Waals surface area contributed by atoms with Gasteiger partial charge in [0.1, 0.15) is 36.6 Å². The van der Waals surface area contributed by atoms with Gasteiger partial charge in [0, 0.05) is 49.6 Å². The van der Waals surface area contributed by atoms with Crippen LogP contribution in [0.3, 0.4) is 0 Å². The molecule has 0 spiro atoms.